The topological polar surface area (TPSA) is 12.5 Å². The van der Waals surface area contributed by atoms with E-state index < -0.39 is 0 Å². The maximum absolute atomic E-state index is 5.72. The summed E-state index contributed by atoms with van der Waals surface area (Å²) in [7, 11) is 0. The molecule has 2 fully saturated rings. The summed E-state index contributed by atoms with van der Waals surface area (Å²) in [4.78, 5) is 0.239. The Morgan fingerprint density at radius 2 is 2.50 bits per heavy atom. The fraction of sp³-hybridized carbons (Fsp3) is 1.00. The Kier molecular flexibility index (Phi) is 3.21. The van der Waals surface area contributed by atoms with Crippen molar-refractivity contribution >= 4 is 35.3 Å². The Hall–Kier alpha value is 1.01. The molecule has 0 saturated carbocycles. The molecule has 2 unspecified atom stereocenters. The van der Waals surface area contributed by atoms with Crippen LogP contribution in [0.4, 0.5) is 0 Å². The summed E-state index contributed by atoms with van der Waals surface area (Å²) in [6, 6.07) is 0. The highest BCUT2D eigenvalue weighted by atomic mass is 32.2. The van der Waals surface area contributed by atoms with Crippen molar-refractivity contribution in [1.82, 2.24) is 0 Å². The van der Waals surface area contributed by atoms with Crippen LogP contribution >= 0.6 is 35.3 Å². The second-order valence-corrected chi connectivity index (χ2v) is 6.70. The minimum Gasteiger partial charge on any atom is -0.342 e. The van der Waals surface area contributed by atoms with Crippen molar-refractivity contribution in [2.45, 2.75) is 23.7 Å². The van der Waals surface area contributed by atoms with Gasteiger partial charge < -0.3 is 4.74 Å². The number of thioether (sulfide) groups is 3. The fourth-order valence-corrected chi connectivity index (χ4v) is 5.53. The van der Waals surface area contributed by atoms with Crippen molar-refractivity contribution in [2.24, 2.45) is 0 Å². The van der Waals surface area contributed by atoms with E-state index in [1.807, 2.05) is 35.3 Å². The molecule has 2 aliphatic rings. The average molecular weight is 222 g/mol. The van der Waals surface area contributed by atoms with Crippen LogP contribution in [0.2, 0.25) is 0 Å². The summed E-state index contributed by atoms with van der Waals surface area (Å²) in [5.41, 5.74) is 0.528. The van der Waals surface area contributed by atoms with Crippen LogP contribution in [-0.4, -0.2) is 33.4 Å². The van der Waals surface area contributed by atoms with E-state index in [1.54, 1.807) is 0 Å². The van der Waals surface area contributed by atoms with Gasteiger partial charge in [-0.05, 0) is 12.2 Å². The van der Waals surface area contributed by atoms with Gasteiger partial charge in [-0.2, -0.15) is 11.8 Å². The first-order chi connectivity index (χ1) is 5.87. The Bertz CT molecular complexity index is 164. The molecule has 2 saturated heterocycles. The molecule has 0 aromatic rings. The Morgan fingerprint density at radius 3 is 3.25 bits per heavy atom. The van der Waals surface area contributed by atoms with E-state index >= 15 is 0 Å². The van der Waals surface area contributed by atoms with Crippen molar-refractivity contribution in [1.29, 1.82) is 0 Å². The molecule has 4 heteroatoms. The monoisotopic (exact) mass is 222 g/mol. The van der Waals surface area contributed by atoms with Crippen LogP contribution in [0, 0.1) is 0 Å². The summed E-state index contributed by atoms with van der Waals surface area (Å²) >= 11 is 6.06. The molecular formula is C8H14OS3. The van der Waals surface area contributed by atoms with Crippen LogP contribution < -0.4 is 0 Å². The van der Waals surface area contributed by atoms with Crippen LogP contribution in [-0.2, 0) is 4.74 Å². The zero-order valence-corrected chi connectivity index (χ0v) is 9.70. The third-order valence-electron chi connectivity index (χ3n) is 1.96. The van der Waals surface area contributed by atoms with Crippen LogP contribution in [0.15, 0.2) is 0 Å². The van der Waals surface area contributed by atoms with E-state index in [1.165, 1.54) is 29.4 Å². The van der Waals surface area contributed by atoms with Gasteiger partial charge in [0.15, 0.2) is 4.93 Å². The van der Waals surface area contributed by atoms with Gasteiger partial charge in [-0.15, -0.1) is 23.5 Å². The van der Waals surface area contributed by atoms with Gasteiger partial charge in [-0.3, -0.25) is 0 Å². The van der Waals surface area contributed by atoms with Gasteiger partial charge in [0.2, 0.25) is 0 Å². The highest BCUT2D eigenvalue weighted by molar-refractivity contribution is 8.09. The zero-order chi connectivity index (χ0) is 8.44. The van der Waals surface area contributed by atoms with E-state index in [-0.39, 0.29) is 4.93 Å². The van der Waals surface area contributed by atoms with Gasteiger partial charge in [-0.25, -0.2) is 0 Å². The number of hydrogen-bond donors (Lipinski definition) is 0. The van der Waals surface area contributed by atoms with Crippen molar-refractivity contribution in [3.63, 3.8) is 0 Å². The summed E-state index contributed by atoms with van der Waals surface area (Å²) in [6.45, 7) is 2.23. The summed E-state index contributed by atoms with van der Waals surface area (Å²) in [5.74, 6) is 5.02. The maximum Gasteiger partial charge on any atom is 0.159 e. The van der Waals surface area contributed by atoms with Crippen LogP contribution in [0.5, 0.6) is 0 Å². The Balaban J connectivity index is 1.73. The quantitative estimate of drug-likeness (QED) is 0.535. The lowest BCUT2D eigenvalue weighted by Crippen LogP contribution is -2.18. The molecule has 0 amide bonds. The van der Waals surface area contributed by atoms with Crippen LogP contribution in [0.1, 0.15) is 13.3 Å². The minimum absolute atomic E-state index is 0.239. The molecule has 0 bridgehead atoms. The molecular weight excluding hydrogens is 208 g/mol. The Labute approximate surface area is 86.8 Å². The van der Waals surface area contributed by atoms with Gasteiger partial charge in [0.05, 0.1) is 0 Å². The van der Waals surface area contributed by atoms with Gasteiger partial charge in [0, 0.05) is 17.3 Å². The lowest BCUT2D eigenvalue weighted by molar-refractivity contribution is 0.398. The van der Waals surface area contributed by atoms with Crippen molar-refractivity contribution in [3.8, 4) is 0 Å². The largest absolute Gasteiger partial charge is 0.342 e. The van der Waals surface area contributed by atoms with Crippen LogP contribution in [0.25, 0.3) is 0 Å². The van der Waals surface area contributed by atoms with Gasteiger partial charge >= 0.3 is 0 Å². The van der Waals surface area contributed by atoms with E-state index in [4.69, 9.17) is 4.74 Å². The fourth-order valence-electron chi connectivity index (χ4n) is 1.28. The molecule has 0 aromatic heterocycles. The molecule has 0 spiro atoms. The van der Waals surface area contributed by atoms with Crippen LogP contribution in [0.3, 0.4) is 0 Å². The highest BCUT2D eigenvalue weighted by Crippen LogP contribution is 2.56. The van der Waals surface area contributed by atoms with Crippen molar-refractivity contribution in [2.75, 3.05) is 23.0 Å². The molecule has 2 aliphatic heterocycles. The van der Waals surface area contributed by atoms with Gasteiger partial charge in [0.1, 0.15) is 5.44 Å². The van der Waals surface area contributed by atoms with Crippen molar-refractivity contribution < 1.29 is 4.74 Å². The van der Waals surface area contributed by atoms with E-state index in [0.29, 0.717) is 5.44 Å². The molecule has 2 atom stereocenters. The molecule has 0 aliphatic carbocycles. The summed E-state index contributed by atoms with van der Waals surface area (Å²) in [5, 5.41) is 0. The van der Waals surface area contributed by atoms with E-state index in [2.05, 4.69) is 6.92 Å². The first-order valence-corrected chi connectivity index (χ1v) is 7.57. The van der Waals surface area contributed by atoms with Crippen molar-refractivity contribution in [3.05, 3.63) is 0 Å². The smallest absolute Gasteiger partial charge is 0.159 e. The third-order valence-corrected chi connectivity index (χ3v) is 6.45. The standard InChI is InChI=1S/C8H14OS3/c1-2-3-10-6-8-7(9-8)11-4-5-12-8/h7H,2-6H2,1H3. The molecule has 1 nitrogen and oxygen atoms in total. The van der Waals surface area contributed by atoms with Gasteiger partial charge in [0.25, 0.3) is 0 Å². The molecule has 2 rings (SSSR count). The van der Waals surface area contributed by atoms with Gasteiger partial charge in [-0.1, -0.05) is 6.92 Å². The SMILES string of the molecule is CCCSCC12OC1SCCS2. The molecule has 0 N–H and O–H groups in total. The lowest BCUT2D eigenvalue weighted by Gasteiger charge is -2.15. The summed E-state index contributed by atoms with van der Waals surface area (Å²) in [6.07, 6.45) is 1.28. The normalized spacial score (nSPS) is 39.2. The molecule has 2 heterocycles. The molecule has 0 radical (unpaired) electrons. The first-order valence-electron chi connectivity index (χ1n) is 4.38. The average Bonchev–Trinajstić information content (AvgIpc) is 2.79. The predicted molar refractivity (Wildman–Crippen MR) is 60.1 cm³/mol. The van der Waals surface area contributed by atoms with E-state index in [0.717, 1.165) is 0 Å². The molecule has 12 heavy (non-hydrogen) atoms. The van der Waals surface area contributed by atoms with E-state index in [9.17, 15) is 0 Å². The third kappa shape index (κ3) is 1.91. The zero-order valence-electron chi connectivity index (χ0n) is 7.25. The predicted octanol–water partition coefficient (Wildman–Crippen LogP) is 2.66. The number of fused-ring (bicyclic) bond motifs is 1. The number of ether oxygens (including phenoxy) is 1. The second kappa shape index (κ2) is 4.03. The second-order valence-electron chi connectivity index (χ2n) is 3.03. The number of epoxide rings is 1. The number of rotatable bonds is 4. The highest BCUT2D eigenvalue weighted by Gasteiger charge is 2.58. The lowest BCUT2D eigenvalue weighted by atomic mass is 10.5. The number of hydrogen-bond acceptors (Lipinski definition) is 4. The summed E-state index contributed by atoms with van der Waals surface area (Å²) < 4.78 is 5.72. The molecule has 70 valence electrons. The maximum atomic E-state index is 5.72. The minimum atomic E-state index is 0.239. The Morgan fingerprint density at radius 1 is 1.58 bits per heavy atom. The first kappa shape index (κ1) is 9.56. The molecule has 0 aromatic carbocycles.